The second-order valence-corrected chi connectivity index (χ2v) is 7.12. The number of hydrogen-bond acceptors (Lipinski definition) is 6. The molecule has 2 N–H and O–H groups in total. The summed E-state index contributed by atoms with van der Waals surface area (Å²) in [7, 11) is 0. The highest BCUT2D eigenvalue weighted by Gasteiger charge is 2.13. The molecule has 0 saturated heterocycles. The third kappa shape index (κ3) is 3.77. The summed E-state index contributed by atoms with van der Waals surface area (Å²) in [5, 5.41) is 30.5. The SMILES string of the molecule is N#Cc1cccc(-c2ccc(=N)n(C(=N)Sc3cc4cccnc4cc3F)n2)c1. The number of benzene rings is 2. The Morgan fingerprint density at radius 3 is 2.79 bits per heavy atom. The minimum Gasteiger partial charge on any atom is -0.283 e. The molecule has 0 fully saturated rings. The quantitative estimate of drug-likeness (QED) is 0.300. The third-order valence-electron chi connectivity index (χ3n) is 4.18. The molecule has 140 valence electrons. The van der Waals surface area contributed by atoms with Crippen LogP contribution < -0.4 is 5.49 Å². The van der Waals surface area contributed by atoms with Gasteiger partial charge in [0.15, 0.2) is 5.17 Å². The Hall–Kier alpha value is -3.83. The Balaban J connectivity index is 1.70. The number of fused-ring (bicyclic) bond motifs is 1. The number of aromatic nitrogens is 3. The van der Waals surface area contributed by atoms with E-state index in [0.717, 1.165) is 21.8 Å². The number of rotatable bonds is 2. The van der Waals surface area contributed by atoms with Crippen LogP contribution in [0.4, 0.5) is 4.39 Å². The summed E-state index contributed by atoms with van der Waals surface area (Å²) in [4.78, 5) is 4.37. The summed E-state index contributed by atoms with van der Waals surface area (Å²) in [6.45, 7) is 0. The molecule has 0 aliphatic rings. The first kappa shape index (κ1) is 18.5. The van der Waals surface area contributed by atoms with Gasteiger partial charge in [-0.05, 0) is 48.2 Å². The molecule has 4 aromatic rings. The molecule has 2 aromatic carbocycles. The predicted octanol–water partition coefficient (Wildman–Crippen LogP) is 4.16. The molecule has 8 heteroatoms. The van der Waals surface area contributed by atoms with E-state index < -0.39 is 5.82 Å². The van der Waals surface area contributed by atoms with Crippen molar-refractivity contribution < 1.29 is 4.39 Å². The minimum absolute atomic E-state index is 0.00875. The molecule has 2 heterocycles. The van der Waals surface area contributed by atoms with Gasteiger partial charge in [0.05, 0.1) is 27.7 Å². The highest BCUT2D eigenvalue weighted by atomic mass is 32.2. The minimum atomic E-state index is -0.490. The van der Waals surface area contributed by atoms with Crippen molar-refractivity contribution in [3.8, 4) is 17.3 Å². The van der Waals surface area contributed by atoms with Crippen molar-refractivity contribution in [2.45, 2.75) is 4.90 Å². The highest BCUT2D eigenvalue weighted by Crippen LogP contribution is 2.27. The number of thioether (sulfide) groups is 1. The fourth-order valence-electron chi connectivity index (χ4n) is 2.78. The lowest BCUT2D eigenvalue weighted by atomic mass is 10.1. The second kappa shape index (κ2) is 7.66. The van der Waals surface area contributed by atoms with Gasteiger partial charge in [-0.2, -0.15) is 15.0 Å². The zero-order valence-corrected chi connectivity index (χ0v) is 15.7. The lowest BCUT2D eigenvalue weighted by Gasteiger charge is -2.10. The van der Waals surface area contributed by atoms with Crippen LogP contribution in [0.5, 0.6) is 0 Å². The van der Waals surface area contributed by atoms with Gasteiger partial charge in [0.2, 0.25) is 0 Å². The van der Waals surface area contributed by atoms with Crippen LogP contribution in [0.15, 0.2) is 71.8 Å². The van der Waals surface area contributed by atoms with Crippen LogP contribution in [0, 0.1) is 28.0 Å². The third-order valence-corrected chi connectivity index (χ3v) is 5.08. The number of nitriles is 1. The average Bonchev–Trinajstić information content (AvgIpc) is 2.74. The monoisotopic (exact) mass is 400 g/mol. The van der Waals surface area contributed by atoms with E-state index in [1.54, 1.807) is 48.7 Å². The van der Waals surface area contributed by atoms with Gasteiger partial charge >= 0.3 is 0 Å². The van der Waals surface area contributed by atoms with E-state index >= 15 is 0 Å². The zero-order chi connectivity index (χ0) is 20.4. The molecule has 0 unspecified atom stereocenters. The van der Waals surface area contributed by atoms with Crippen LogP contribution in [-0.2, 0) is 0 Å². The molecule has 4 rings (SSSR count). The van der Waals surface area contributed by atoms with E-state index in [2.05, 4.69) is 16.2 Å². The van der Waals surface area contributed by atoms with E-state index in [9.17, 15) is 4.39 Å². The zero-order valence-electron chi connectivity index (χ0n) is 14.9. The van der Waals surface area contributed by atoms with Crippen LogP contribution in [0.25, 0.3) is 22.2 Å². The van der Waals surface area contributed by atoms with Crippen molar-refractivity contribution in [3.05, 3.63) is 83.7 Å². The lowest BCUT2D eigenvalue weighted by Crippen LogP contribution is -2.27. The molecule has 0 bridgehead atoms. The Morgan fingerprint density at radius 2 is 1.97 bits per heavy atom. The van der Waals surface area contributed by atoms with Crippen LogP contribution in [-0.4, -0.2) is 19.9 Å². The molecular formula is C21H13FN6S. The summed E-state index contributed by atoms with van der Waals surface area (Å²) in [5.41, 5.74) is 2.21. The topological polar surface area (TPSA) is 102 Å². The van der Waals surface area contributed by atoms with Gasteiger partial charge in [-0.1, -0.05) is 18.2 Å². The molecule has 0 spiro atoms. The predicted molar refractivity (Wildman–Crippen MR) is 109 cm³/mol. The average molecular weight is 400 g/mol. The van der Waals surface area contributed by atoms with E-state index in [0.29, 0.717) is 22.3 Å². The van der Waals surface area contributed by atoms with E-state index in [1.807, 2.05) is 6.07 Å². The normalized spacial score (nSPS) is 10.6. The molecule has 2 aromatic heterocycles. The van der Waals surface area contributed by atoms with Crippen molar-refractivity contribution in [3.63, 3.8) is 0 Å². The largest absolute Gasteiger partial charge is 0.283 e. The molecule has 29 heavy (non-hydrogen) atoms. The van der Waals surface area contributed by atoms with Gasteiger partial charge in [0.25, 0.3) is 0 Å². The van der Waals surface area contributed by atoms with Gasteiger partial charge in [-0.25, -0.2) is 4.39 Å². The highest BCUT2D eigenvalue weighted by molar-refractivity contribution is 8.13. The van der Waals surface area contributed by atoms with E-state index in [1.165, 1.54) is 12.1 Å². The Kier molecular flexibility index (Phi) is 4.89. The Labute approximate surface area is 169 Å². The van der Waals surface area contributed by atoms with Gasteiger partial charge < -0.3 is 0 Å². The second-order valence-electron chi connectivity index (χ2n) is 6.09. The molecule has 0 amide bonds. The molecule has 6 nitrogen and oxygen atoms in total. The Bertz CT molecular complexity index is 1360. The van der Waals surface area contributed by atoms with Gasteiger partial charge in [0.1, 0.15) is 11.3 Å². The number of hydrogen-bond donors (Lipinski definition) is 2. The number of nitrogens with one attached hydrogen (secondary N) is 2. The molecular weight excluding hydrogens is 387 g/mol. The summed E-state index contributed by atoms with van der Waals surface area (Å²) in [6, 6.07) is 18.7. The van der Waals surface area contributed by atoms with Crippen LogP contribution >= 0.6 is 11.8 Å². The van der Waals surface area contributed by atoms with E-state index in [4.69, 9.17) is 16.1 Å². The van der Waals surface area contributed by atoms with Crippen molar-refractivity contribution in [2.75, 3.05) is 0 Å². The fraction of sp³-hybridized carbons (Fsp3) is 0. The molecule has 0 radical (unpaired) electrons. The van der Waals surface area contributed by atoms with Gasteiger partial charge in [0, 0.05) is 23.2 Å². The molecule has 0 saturated carbocycles. The maximum absolute atomic E-state index is 14.5. The first-order valence-electron chi connectivity index (χ1n) is 8.52. The maximum Gasteiger partial charge on any atom is 0.188 e. The molecule has 0 aliphatic heterocycles. The van der Waals surface area contributed by atoms with Gasteiger partial charge in [-0.3, -0.25) is 15.8 Å². The summed E-state index contributed by atoms with van der Waals surface area (Å²) < 4.78 is 15.6. The lowest BCUT2D eigenvalue weighted by molar-refractivity contribution is 0.604. The number of pyridine rings is 1. The van der Waals surface area contributed by atoms with Crippen molar-refractivity contribution in [1.29, 1.82) is 16.1 Å². The standard InChI is InChI=1S/C21H13FN6S/c22-16-11-18-15(5-2-8-26-18)10-19(16)29-21(25)28-20(24)7-6-17(27-28)14-4-1-3-13(9-14)12-23/h1-11,24-25H. The van der Waals surface area contributed by atoms with Crippen LogP contribution in [0.2, 0.25) is 0 Å². The van der Waals surface area contributed by atoms with Crippen LogP contribution in [0.1, 0.15) is 5.56 Å². The first-order chi connectivity index (χ1) is 14.0. The van der Waals surface area contributed by atoms with Crippen LogP contribution in [0.3, 0.4) is 0 Å². The molecule has 0 atom stereocenters. The number of halogens is 1. The number of nitrogens with zero attached hydrogens (tertiary/aromatic N) is 4. The first-order valence-corrected chi connectivity index (χ1v) is 9.33. The fourth-order valence-corrected chi connectivity index (χ4v) is 3.56. The summed E-state index contributed by atoms with van der Waals surface area (Å²) in [6.07, 6.45) is 1.59. The summed E-state index contributed by atoms with van der Waals surface area (Å²) >= 11 is 0.873. The smallest absolute Gasteiger partial charge is 0.188 e. The van der Waals surface area contributed by atoms with Crippen molar-refractivity contribution in [1.82, 2.24) is 14.8 Å². The Morgan fingerprint density at radius 1 is 1.10 bits per heavy atom. The van der Waals surface area contributed by atoms with Gasteiger partial charge in [-0.15, -0.1) is 0 Å². The summed E-state index contributed by atoms with van der Waals surface area (Å²) in [5.74, 6) is -0.490. The molecule has 0 aliphatic carbocycles. The van der Waals surface area contributed by atoms with E-state index in [-0.39, 0.29) is 15.6 Å². The maximum atomic E-state index is 14.5. The van der Waals surface area contributed by atoms with Crippen molar-refractivity contribution in [2.24, 2.45) is 0 Å². The van der Waals surface area contributed by atoms with Crippen molar-refractivity contribution >= 4 is 27.8 Å².